The highest BCUT2D eigenvalue weighted by Crippen LogP contribution is 2.29. The van der Waals surface area contributed by atoms with Crippen LogP contribution in [-0.4, -0.2) is 16.9 Å². The van der Waals surface area contributed by atoms with Crippen LogP contribution in [0.3, 0.4) is 0 Å². The largest absolute Gasteiger partial charge is 0.497 e. The second-order valence-corrected chi connectivity index (χ2v) is 5.85. The molecule has 1 aromatic heterocycles. The van der Waals surface area contributed by atoms with E-state index in [1.165, 1.54) is 10.7 Å². The lowest BCUT2D eigenvalue weighted by Crippen LogP contribution is -2.00. The van der Waals surface area contributed by atoms with Crippen molar-refractivity contribution in [3.8, 4) is 22.7 Å². The standard InChI is InChI=1S/C18H15F2N2O2S/c1-24-15-8-6-14(7-9-15)22-17(10-16(21-22)18(19)20)13-4-2-12(3-5-13)11-25-23/h2-10,18H,11H2,1H3/q+1. The third-order valence-corrected chi connectivity index (χ3v) is 4.20. The van der Waals surface area contributed by atoms with Gasteiger partial charge in [-0.1, -0.05) is 24.3 Å². The van der Waals surface area contributed by atoms with Crippen LogP contribution in [0.2, 0.25) is 0 Å². The van der Waals surface area contributed by atoms with Crippen LogP contribution in [0.15, 0.2) is 54.6 Å². The molecule has 2 aromatic carbocycles. The Morgan fingerprint density at radius 3 is 2.36 bits per heavy atom. The summed E-state index contributed by atoms with van der Waals surface area (Å²) in [6.07, 6.45) is -2.66. The van der Waals surface area contributed by atoms with Crippen LogP contribution in [0.5, 0.6) is 5.75 Å². The minimum absolute atomic E-state index is 0.287. The molecule has 128 valence electrons. The minimum Gasteiger partial charge on any atom is -0.497 e. The van der Waals surface area contributed by atoms with E-state index in [0.29, 0.717) is 34.6 Å². The molecule has 0 atom stereocenters. The van der Waals surface area contributed by atoms with Gasteiger partial charge in [-0.15, -0.1) is 0 Å². The number of nitrogens with zero attached hydrogens (tertiary/aromatic N) is 2. The van der Waals surface area contributed by atoms with Gasteiger partial charge in [-0.05, 0) is 30.3 Å². The highest BCUT2D eigenvalue weighted by Gasteiger charge is 2.18. The summed E-state index contributed by atoms with van der Waals surface area (Å²) in [5.41, 5.74) is 2.55. The Bertz CT molecular complexity index is 862. The second-order valence-electron chi connectivity index (χ2n) is 5.32. The first-order valence-corrected chi connectivity index (χ1v) is 8.40. The third kappa shape index (κ3) is 3.71. The maximum atomic E-state index is 13.1. The predicted molar refractivity (Wildman–Crippen MR) is 92.3 cm³/mol. The SMILES string of the molecule is COc1ccc(-n2nc(C(F)F)cc2-c2ccc(C[S+]=O)cc2)cc1. The van der Waals surface area contributed by atoms with Crippen molar-refractivity contribution in [3.05, 3.63) is 65.9 Å². The molecular weight excluding hydrogens is 346 g/mol. The number of rotatable bonds is 6. The van der Waals surface area contributed by atoms with Crippen LogP contribution in [0.1, 0.15) is 17.7 Å². The molecule has 0 unspecified atom stereocenters. The van der Waals surface area contributed by atoms with Gasteiger partial charge in [0, 0.05) is 15.3 Å². The van der Waals surface area contributed by atoms with Crippen molar-refractivity contribution in [2.75, 3.05) is 7.11 Å². The molecule has 0 aliphatic heterocycles. The lowest BCUT2D eigenvalue weighted by atomic mass is 10.1. The maximum Gasteiger partial charge on any atom is 0.463 e. The average molecular weight is 361 g/mol. The molecule has 0 aliphatic rings. The lowest BCUT2D eigenvalue weighted by Gasteiger charge is -2.08. The number of benzene rings is 2. The Morgan fingerprint density at radius 1 is 1.12 bits per heavy atom. The molecule has 7 heteroatoms. The molecule has 3 aromatic rings. The molecule has 0 amide bonds. The van der Waals surface area contributed by atoms with Crippen LogP contribution < -0.4 is 4.74 Å². The van der Waals surface area contributed by atoms with Crippen LogP contribution >= 0.6 is 0 Å². The van der Waals surface area contributed by atoms with E-state index in [9.17, 15) is 13.0 Å². The maximum absolute atomic E-state index is 13.1. The van der Waals surface area contributed by atoms with E-state index in [1.807, 2.05) is 12.1 Å². The fourth-order valence-corrected chi connectivity index (χ4v) is 2.80. The molecule has 0 spiro atoms. The number of aromatic nitrogens is 2. The number of alkyl halides is 2. The Labute approximate surface area is 147 Å². The normalized spacial score (nSPS) is 10.9. The summed E-state index contributed by atoms with van der Waals surface area (Å²) in [6, 6.07) is 15.6. The van der Waals surface area contributed by atoms with Crippen LogP contribution in [0, 0.1) is 0 Å². The van der Waals surface area contributed by atoms with Gasteiger partial charge >= 0.3 is 11.7 Å². The van der Waals surface area contributed by atoms with Gasteiger partial charge in [0.1, 0.15) is 11.4 Å². The molecule has 0 aliphatic carbocycles. The highest BCUT2D eigenvalue weighted by atomic mass is 32.1. The Kier molecular flexibility index (Phi) is 5.14. The molecular formula is C18H15F2N2O2S+. The summed E-state index contributed by atoms with van der Waals surface area (Å²) >= 11 is 0.489. The molecule has 0 fully saturated rings. The molecule has 0 bridgehead atoms. The molecule has 0 N–H and O–H groups in total. The zero-order chi connectivity index (χ0) is 17.8. The predicted octanol–water partition coefficient (Wildman–Crippen LogP) is 4.41. The number of ether oxygens (including phenoxy) is 1. The molecule has 0 saturated heterocycles. The van der Waals surface area contributed by atoms with Gasteiger partial charge < -0.3 is 4.74 Å². The number of hydrogen-bond donors (Lipinski definition) is 0. The average Bonchev–Trinajstić information content (AvgIpc) is 3.08. The van der Waals surface area contributed by atoms with E-state index in [2.05, 4.69) is 5.10 Å². The fraction of sp³-hybridized carbons (Fsp3) is 0.167. The zero-order valence-corrected chi connectivity index (χ0v) is 14.2. The summed E-state index contributed by atoms with van der Waals surface area (Å²) < 4.78 is 43.5. The van der Waals surface area contributed by atoms with Gasteiger partial charge in [-0.3, -0.25) is 0 Å². The van der Waals surface area contributed by atoms with Gasteiger partial charge in [0.2, 0.25) is 0 Å². The van der Waals surface area contributed by atoms with Gasteiger partial charge in [0.15, 0.2) is 0 Å². The van der Waals surface area contributed by atoms with E-state index in [0.717, 1.165) is 11.1 Å². The van der Waals surface area contributed by atoms with E-state index in [1.54, 1.807) is 43.5 Å². The van der Waals surface area contributed by atoms with E-state index in [-0.39, 0.29) is 5.69 Å². The van der Waals surface area contributed by atoms with E-state index >= 15 is 0 Å². The number of halogens is 2. The van der Waals surface area contributed by atoms with Crippen LogP contribution in [0.4, 0.5) is 8.78 Å². The second kappa shape index (κ2) is 7.48. The van der Waals surface area contributed by atoms with Gasteiger partial charge in [0.25, 0.3) is 12.2 Å². The third-order valence-electron chi connectivity index (χ3n) is 3.74. The van der Waals surface area contributed by atoms with Crippen LogP contribution in [0.25, 0.3) is 16.9 Å². The van der Waals surface area contributed by atoms with E-state index < -0.39 is 6.43 Å². The van der Waals surface area contributed by atoms with Crippen molar-refractivity contribution in [3.63, 3.8) is 0 Å². The first-order valence-electron chi connectivity index (χ1n) is 7.49. The van der Waals surface area contributed by atoms with Gasteiger partial charge in [-0.2, -0.15) is 5.10 Å². The number of methoxy groups -OCH3 is 1. The minimum atomic E-state index is -2.66. The first kappa shape index (κ1) is 17.2. The van der Waals surface area contributed by atoms with Crippen molar-refractivity contribution in [1.82, 2.24) is 9.78 Å². The van der Waals surface area contributed by atoms with Crippen LogP contribution in [-0.2, 0) is 21.6 Å². The molecule has 0 radical (unpaired) electrons. The van der Waals surface area contributed by atoms with Gasteiger partial charge in [-0.25, -0.2) is 13.5 Å². The molecule has 4 nitrogen and oxygen atoms in total. The monoisotopic (exact) mass is 361 g/mol. The Hall–Kier alpha value is -2.67. The Balaban J connectivity index is 2.06. The summed E-state index contributed by atoms with van der Waals surface area (Å²) in [4.78, 5) is 0. The number of hydrogen-bond acceptors (Lipinski definition) is 3. The molecule has 1 heterocycles. The van der Waals surface area contributed by atoms with Crippen molar-refractivity contribution in [2.24, 2.45) is 0 Å². The lowest BCUT2D eigenvalue weighted by molar-refractivity contribution is 0.145. The quantitative estimate of drug-likeness (QED) is 0.611. The summed E-state index contributed by atoms with van der Waals surface area (Å²) in [7, 11) is 1.56. The molecule has 0 saturated carbocycles. The fourth-order valence-electron chi connectivity index (χ4n) is 2.47. The van der Waals surface area contributed by atoms with Crippen molar-refractivity contribution in [1.29, 1.82) is 0 Å². The molecule has 3 rings (SSSR count). The zero-order valence-electron chi connectivity index (χ0n) is 13.4. The smallest absolute Gasteiger partial charge is 0.463 e. The van der Waals surface area contributed by atoms with Crippen molar-refractivity contribution in [2.45, 2.75) is 12.2 Å². The first-order chi connectivity index (χ1) is 12.1. The molecule has 25 heavy (non-hydrogen) atoms. The van der Waals surface area contributed by atoms with Crippen molar-refractivity contribution < 1.29 is 17.7 Å². The summed E-state index contributed by atoms with van der Waals surface area (Å²) in [5.74, 6) is 1.03. The summed E-state index contributed by atoms with van der Waals surface area (Å²) in [6.45, 7) is 0. The Morgan fingerprint density at radius 2 is 1.80 bits per heavy atom. The highest BCUT2D eigenvalue weighted by molar-refractivity contribution is 7.64. The summed E-state index contributed by atoms with van der Waals surface area (Å²) in [5, 5.41) is 4.04. The topological polar surface area (TPSA) is 44.1 Å². The van der Waals surface area contributed by atoms with Crippen molar-refractivity contribution >= 4 is 11.7 Å². The van der Waals surface area contributed by atoms with E-state index in [4.69, 9.17) is 4.74 Å². The van der Waals surface area contributed by atoms with Gasteiger partial charge in [0.05, 0.1) is 18.5 Å².